The lowest BCUT2D eigenvalue weighted by molar-refractivity contribution is 0.957. The van der Waals surface area contributed by atoms with Crippen molar-refractivity contribution in [2.24, 2.45) is 16.6 Å². The minimum Gasteiger partial charge on any atom is -0.369 e. The average Bonchev–Trinajstić information content (AvgIpc) is 1.83. The van der Waals surface area contributed by atoms with Gasteiger partial charge in [-0.05, 0) is 0 Å². The van der Waals surface area contributed by atoms with Crippen molar-refractivity contribution < 1.29 is 0 Å². The molecule has 0 spiro atoms. The summed E-state index contributed by atoms with van der Waals surface area (Å²) in [6.07, 6.45) is 0. The van der Waals surface area contributed by atoms with Crippen LogP contribution in [-0.4, -0.2) is 19.0 Å². The van der Waals surface area contributed by atoms with Crippen molar-refractivity contribution in [3.8, 4) is 0 Å². The Morgan fingerprint density at radius 2 is 2.11 bits per heavy atom. The van der Waals surface area contributed by atoms with Crippen LogP contribution < -0.4 is 22.2 Å². The van der Waals surface area contributed by atoms with Crippen molar-refractivity contribution in [3.63, 3.8) is 0 Å². The minimum atomic E-state index is -0.242. The molecule has 7 N–H and O–H groups in total. The molecule has 52 valence electrons. The van der Waals surface area contributed by atoms with E-state index in [4.69, 9.17) is 16.9 Å². The SMILES string of the molecule is CNC(N)=NNC(=N)N. The van der Waals surface area contributed by atoms with E-state index in [-0.39, 0.29) is 11.9 Å². The first-order chi connectivity index (χ1) is 4.16. The van der Waals surface area contributed by atoms with Gasteiger partial charge in [0.2, 0.25) is 11.9 Å². The van der Waals surface area contributed by atoms with Gasteiger partial charge >= 0.3 is 0 Å². The van der Waals surface area contributed by atoms with E-state index in [1.165, 1.54) is 0 Å². The van der Waals surface area contributed by atoms with Crippen LogP contribution in [0.25, 0.3) is 0 Å². The minimum absolute atomic E-state index is 0.185. The third-order valence-electron chi connectivity index (χ3n) is 0.553. The Kier molecular flexibility index (Phi) is 2.96. The molecule has 0 bridgehead atoms. The van der Waals surface area contributed by atoms with Crippen molar-refractivity contribution in [3.05, 3.63) is 0 Å². The van der Waals surface area contributed by atoms with Gasteiger partial charge in [0, 0.05) is 7.05 Å². The molecule has 0 atom stereocenters. The van der Waals surface area contributed by atoms with Crippen LogP contribution in [0.2, 0.25) is 0 Å². The van der Waals surface area contributed by atoms with Crippen LogP contribution in [0.15, 0.2) is 5.10 Å². The number of guanidine groups is 2. The van der Waals surface area contributed by atoms with Crippen LogP contribution in [0.4, 0.5) is 0 Å². The number of nitrogens with one attached hydrogen (secondary N) is 3. The van der Waals surface area contributed by atoms with E-state index in [0.717, 1.165) is 0 Å². The summed E-state index contributed by atoms with van der Waals surface area (Å²) in [6, 6.07) is 0. The smallest absolute Gasteiger partial charge is 0.211 e. The average molecular weight is 130 g/mol. The lowest BCUT2D eigenvalue weighted by Crippen LogP contribution is -2.34. The largest absolute Gasteiger partial charge is 0.369 e. The summed E-state index contributed by atoms with van der Waals surface area (Å²) in [7, 11) is 1.61. The molecular weight excluding hydrogens is 120 g/mol. The summed E-state index contributed by atoms with van der Waals surface area (Å²) in [6.45, 7) is 0. The fraction of sp³-hybridized carbons (Fsp3) is 0.333. The molecule has 0 rings (SSSR count). The molecule has 6 nitrogen and oxygen atoms in total. The van der Waals surface area contributed by atoms with Crippen molar-refractivity contribution in [2.75, 3.05) is 7.05 Å². The predicted molar refractivity (Wildman–Crippen MR) is 35.7 cm³/mol. The summed E-state index contributed by atoms with van der Waals surface area (Å²) < 4.78 is 0. The van der Waals surface area contributed by atoms with Crippen LogP contribution in [-0.2, 0) is 0 Å². The predicted octanol–water partition coefficient (Wildman–Crippen LogP) is -2.08. The lowest BCUT2D eigenvalue weighted by Gasteiger charge is -1.97. The molecule has 0 fully saturated rings. The fourth-order valence-electron chi connectivity index (χ4n) is 0.176. The molecule has 0 saturated heterocycles. The van der Waals surface area contributed by atoms with Crippen LogP contribution in [0.1, 0.15) is 0 Å². The molecule has 0 aliphatic carbocycles. The molecule has 0 aromatic rings. The Labute approximate surface area is 52.8 Å². The number of hydrogen-bond donors (Lipinski definition) is 5. The zero-order valence-corrected chi connectivity index (χ0v) is 5.10. The highest BCUT2D eigenvalue weighted by Crippen LogP contribution is 1.54. The van der Waals surface area contributed by atoms with Crippen molar-refractivity contribution in [2.45, 2.75) is 0 Å². The molecule has 0 radical (unpaired) electrons. The molecule has 0 aliphatic rings. The van der Waals surface area contributed by atoms with Crippen LogP contribution in [0, 0.1) is 5.41 Å². The quantitative estimate of drug-likeness (QED) is 0.159. The molecule has 0 amide bonds. The third-order valence-corrected chi connectivity index (χ3v) is 0.553. The van der Waals surface area contributed by atoms with Crippen LogP contribution in [0.3, 0.4) is 0 Å². The van der Waals surface area contributed by atoms with E-state index in [1.807, 2.05) is 0 Å². The van der Waals surface area contributed by atoms with Gasteiger partial charge in [-0.2, -0.15) is 0 Å². The Balaban J connectivity index is 3.56. The van der Waals surface area contributed by atoms with Gasteiger partial charge in [-0.25, -0.2) is 5.43 Å². The summed E-state index contributed by atoms with van der Waals surface area (Å²) >= 11 is 0. The van der Waals surface area contributed by atoms with Crippen LogP contribution in [0.5, 0.6) is 0 Å². The van der Waals surface area contributed by atoms with E-state index in [1.54, 1.807) is 7.05 Å². The zero-order valence-electron chi connectivity index (χ0n) is 5.10. The van der Waals surface area contributed by atoms with E-state index < -0.39 is 0 Å². The maximum atomic E-state index is 6.64. The first-order valence-corrected chi connectivity index (χ1v) is 2.27. The number of rotatable bonds is 1. The van der Waals surface area contributed by atoms with Crippen LogP contribution >= 0.6 is 0 Å². The van der Waals surface area contributed by atoms with Gasteiger partial charge in [-0.15, -0.1) is 5.10 Å². The van der Waals surface area contributed by atoms with E-state index in [9.17, 15) is 0 Å². The Morgan fingerprint density at radius 1 is 1.56 bits per heavy atom. The Morgan fingerprint density at radius 3 is 2.44 bits per heavy atom. The van der Waals surface area contributed by atoms with E-state index in [2.05, 4.69) is 15.8 Å². The topological polar surface area (TPSA) is 112 Å². The fourth-order valence-corrected chi connectivity index (χ4v) is 0.176. The van der Waals surface area contributed by atoms with Gasteiger partial charge in [-0.3, -0.25) is 5.41 Å². The summed E-state index contributed by atoms with van der Waals surface area (Å²) in [5.74, 6) is -0.0570. The van der Waals surface area contributed by atoms with Gasteiger partial charge in [-0.1, -0.05) is 0 Å². The molecule has 0 heterocycles. The zero-order chi connectivity index (χ0) is 7.28. The lowest BCUT2D eigenvalue weighted by atomic mass is 11.0. The molecular formula is C3H10N6. The first kappa shape index (κ1) is 7.54. The van der Waals surface area contributed by atoms with Crippen molar-refractivity contribution in [1.82, 2.24) is 10.7 Å². The number of nitrogens with two attached hydrogens (primary N) is 2. The summed E-state index contributed by atoms with van der Waals surface area (Å²) in [4.78, 5) is 0. The van der Waals surface area contributed by atoms with Crippen molar-refractivity contribution >= 4 is 11.9 Å². The maximum Gasteiger partial charge on any atom is 0.211 e. The second-order valence-electron chi connectivity index (χ2n) is 1.27. The van der Waals surface area contributed by atoms with Gasteiger partial charge in [0.1, 0.15) is 0 Å². The number of hydrazone groups is 1. The highest BCUT2D eigenvalue weighted by Gasteiger charge is 1.82. The molecule has 0 aliphatic heterocycles. The molecule has 0 aromatic carbocycles. The molecule has 9 heavy (non-hydrogen) atoms. The third kappa shape index (κ3) is 4.39. The number of nitrogens with zero attached hydrogens (tertiary/aromatic N) is 1. The second kappa shape index (κ2) is 3.53. The van der Waals surface area contributed by atoms with Gasteiger partial charge in [0.15, 0.2) is 0 Å². The standard InChI is InChI=1S/C3H10N6/c1-7-3(6)9-8-2(4)5/h1H3,(H4,4,5,8)(H3,6,7,9). The Bertz CT molecular complexity index is 126. The molecule has 0 saturated carbocycles. The second-order valence-corrected chi connectivity index (χ2v) is 1.27. The Hall–Kier alpha value is -1.46. The molecule has 0 aromatic heterocycles. The van der Waals surface area contributed by atoms with E-state index in [0.29, 0.717) is 0 Å². The summed E-state index contributed by atoms with van der Waals surface area (Å²) in [5.41, 5.74) is 12.2. The number of hydrogen-bond acceptors (Lipinski definition) is 2. The molecule has 0 unspecified atom stereocenters. The van der Waals surface area contributed by atoms with Gasteiger partial charge in [0.05, 0.1) is 0 Å². The monoisotopic (exact) mass is 130 g/mol. The first-order valence-electron chi connectivity index (χ1n) is 2.27. The van der Waals surface area contributed by atoms with Gasteiger partial charge < -0.3 is 16.8 Å². The van der Waals surface area contributed by atoms with Crippen molar-refractivity contribution in [1.29, 1.82) is 5.41 Å². The highest BCUT2D eigenvalue weighted by atomic mass is 15.4. The summed E-state index contributed by atoms with van der Waals surface area (Å²) in [5, 5.41) is 12.6. The maximum absolute atomic E-state index is 6.64. The van der Waals surface area contributed by atoms with E-state index >= 15 is 0 Å². The normalized spacial score (nSPS) is 10.6. The molecule has 6 heteroatoms. The van der Waals surface area contributed by atoms with Gasteiger partial charge in [0.25, 0.3) is 0 Å². The highest BCUT2D eigenvalue weighted by molar-refractivity contribution is 5.80.